The van der Waals surface area contributed by atoms with Gasteiger partial charge in [0, 0.05) is 5.69 Å². The maximum Gasteiger partial charge on any atom is 0.270 e. The number of thiazole rings is 1. The molecule has 4 rings (SSSR count). The number of aromatic nitrogens is 3. The quantitative estimate of drug-likeness (QED) is 0.510. The topological polar surface area (TPSA) is 59.8 Å². The van der Waals surface area contributed by atoms with Crippen molar-refractivity contribution < 1.29 is 9.18 Å². The third-order valence-electron chi connectivity index (χ3n) is 3.97. The number of hydrogen-bond acceptors (Lipinski definition) is 5. The number of benzene rings is 2. The lowest BCUT2D eigenvalue weighted by molar-refractivity contribution is 0.0943. The van der Waals surface area contributed by atoms with E-state index >= 15 is 0 Å². The van der Waals surface area contributed by atoms with Crippen LogP contribution in [-0.2, 0) is 6.54 Å². The maximum absolute atomic E-state index is 13.3. The number of carbonyl (C=O) groups is 1. The van der Waals surface area contributed by atoms with Gasteiger partial charge in [0.15, 0.2) is 5.16 Å². The summed E-state index contributed by atoms with van der Waals surface area (Å²) in [6.45, 7) is 0.335. The lowest BCUT2D eigenvalue weighted by Crippen LogP contribution is -2.25. The van der Waals surface area contributed by atoms with Crippen molar-refractivity contribution in [3.8, 4) is 5.69 Å². The lowest BCUT2D eigenvalue weighted by Gasteiger charge is -2.11. The van der Waals surface area contributed by atoms with Crippen LogP contribution in [0.4, 0.5) is 4.39 Å². The number of rotatable bonds is 5. The molecule has 4 aromatic rings. The van der Waals surface area contributed by atoms with E-state index < -0.39 is 0 Å². The molecule has 0 spiro atoms. The average Bonchev–Trinajstić information content (AvgIpc) is 3.30. The second-order valence-electron chi connectivity index (χ2n) is 5.70. The number of carbonyl (C=O) groups excluding carboxylic acids is 1. The van der Waals surface area contributed by atoms with Gasteiger partial charge in [-0.2, -0.15) is 0 Å². The molecule has 1 amide bonds. The van der Waals surface area contributed by atoms with Crippen LogP contribution in [0.2, 0.25) is 0 Å². The van der Waals surface area contributed by atoms with Crippen molar-refractivity contribution in [1.29, 1.82) is 0 Å². The van der Waals surface area contributed by atoms with Crippen LogP contribution in [0.25, 0.3) is 15.9 Å². The van der Waals surface area contributed by atoms with Crippen LogP contribution in [0.15, 0.2) is 59.9 Å². The molecule has 0 unspecified atom stereocenters. The van der Waals surface area contributed by atoms with Gasteiger partial charge in [0.25, 0.3) is 5.91 Å². The molecule has 136 valence electrons. The third-order valence-corrected chi connectivity index (χ3v) is 5.66. The molecule has 5 nitrogen and oxygen atoms in total. The van der Waals surface area contributed by atoms with Gasteiger partial charge in [0.1, 0.15) is 16.5 Å². The van der Waals surface area contributed by atoms with Crippen molar-refractivity contribution in [3.05, 3.63) is 71.2 Å². The normalized spacial score (nSPS) is 11.0. The number of fused-ring (bicyclic) bond motifs is 1. The van der Waals surface area contributed by atoms with Gasteiger partial charge in [-0.3, -0.25) is 9.36 Å². The molecule has 0 aliphatic heterocycles. The number of nitrogens with one attached hydrogen (secondary N) is 1. The first kappa shape index (κ1) is 17.7. The van der Waals surface area contributed by atoms with E-state index in [-0.39, 0.29) is 11.7 Å². The lowest BCUT2D eigenvalue weighted by atomic mass is 10.3. The van der Waals surface area contributed by atoms with E-state index in [0.717, 1.165) is 15.2 Å². The molecule has 2 aromatic heterocycles. The van der Waals surface area contributed by atoms with Gasteiger partial charge in [-0.25, -0.2) is 14.4 Å². The second kappa shape index (κ2) is 7.50. The molecule has 0 radical (unpaired) electrons. The highest BCUT2D eigenvalue weighted by molar-refractivity contribution is 7.98. The number of imidazole rings is 1. The summed E-state index contributed by atoms with van der Waals surface area (Å²) in [7, 11) is 0. The number of nitrogens with zero attached hydrogens (tertiary/aromatic N) is 3. The highest BCUT2D eigenvalue weighted by Gasteiger charge is 2.18. The summed E-state index contributed by atoms with van der Waals surface area (Å²) in [5.41, 5.74) is 2.00. The molecule has 0 atom stereocenters. The Morgan fingerprint density at radius 1 is 1.22 bits per heavy atom. The Morgan fingerprint density at radius 2 is 2.00 bits per heavy atom. The Morgan fingerprint density at radius 3 is 2.74 bits per heavy atom. The minimum absolute atomic E-state index is 0.258. The molecule has 0 aliphatic rings. The van der Waals surface area contributed by atoms with Crippen LogP contribution in [0.5, 0.6) is 0 Å². The predicted molar refractivity (Wildman–Crippen MR) is 106 cm³/mol. The fourth-order valence-corrected chi connectivity index (χ4v) is 4.17. The highest BCUT2D eigenvalue weighted by Crippen LogP contribution is 2.23. The van der Waals surface area contributed by atoms with Crippen LogP contribution in [0, 0.1) is 5.82 Å². The largest absolute Gasteiger partial charge is 0.344 e. The number of thioether (sulfide) groups is 1. The zero-order valence-electron chi connectivity index (χ0n) is 14.3. The van der Waals surface area contributed by atoms with E-state index in [9.17, 15) is 9.18 Å². The van der Waals surface area contributed by atoms with Gasteiger partial charge in [-0.1, -0.05) is 23.9 Å². The fourth-order valence-electron chi connectivity index (χ4n) is 2.72. The zero-order valence-corrected chi connectivity index (χ0v) is 16.0. The molecule has 2 aromatic carbocycles. The molecule has 0 fully saturated rings. The Hall–Kier alpha value is -2.71. The van der Waals surface area contributed by atoms with Gasteiger partial charge in [0.2, 0.25) is 0 Å². The Labute approximate surface area is 163 Å². The van der Waals surface area contributed by atoms with Crippen molar-refractivity contribution >= 4 is 39.2 Å². The van der Waals surface area contributed by atoms with Crippen LogP contribution in [-0.4, -0.2) is 26.7 Å². The summed E-state index contributed by atoms with van der Waals surface area (Å²) in [6.07, 6.45) is 3.41. The van der Waals surface area contributed by atoms with Gasteiger partial charge in [-0.15, -0.1) is 11.3 Å². The second-order valence-corrected chi connectivity index (χ2v) is 7.59. The molecule has 0 bridgehead atoms. The van der Waals surface area contributed by atoms with Crippen molar-refractivity contribution in [1.82, 2.24) is 19.9 Å². The Balaban J connectivity index is 1.58. The van der Waals surface area contributed by atoms with Crippen LogP contribution >= 0.6 is 23.1 Å². The zero-order chi connectivity index (χ0) is 18.8. The van der Waals surface area contributed by atoms with E-state index in [1.54, 1.807) is 28.0 Å². The first-order valence-electron chi connectivity index (χ1n) is 8.16. The standard InChI is InChI=1S/C19H15FN4OS2/c1-26-19-22-10-15(24(19)13-8-6-12(20)7-9-13)18(25)21-11-17-23-14-4-2-3-5-16(14)27-17/h2-10H,11H2,1H3,(H,21,25). The molecule has 0 saturated heterocycles. The maximum atomic E-state index is 13.3. The number of halogens is 1. The minimum atomic E-state index is -0.327. The monoisotopic (exact) mass is 398 g/mol. The molecular weight excluding hydrogens is 383 g/mol. The molecule has 8 heteroatoms. The SMILES string of the molecule is CSc1ncc(C(=O)NCc2nc3ccccc3s2)n1-c1ccc(F)cc1. The molecule has 1 N–H and O–H groups in total. The summed E-state index contributed by atoms with van der Waals surface area (Å²) in [5, 5.41) is 4.39. The van der Waals surface area contributed by atoms with Crippen LogP contribution in [0.3, 0.4) is 0 Å². The average molecular weight is 398 g/mol. The first-order chi connectivity index (χ1) is 13.2. The highest BCUT2D eigenvalue weighted by atomic mass is 32.2. The first-order valence-corrected chi connectivity index (χ1v) is 10.2. The summed E-state index contributed by atoms with van der Waals surface area (Å²) >= 11 is 2.97. The van der Waals surface area contributed by atoms with Crippen molar-refractivity contribution in [2.24, 2.45) is 0 Å². The summed E-state index contributed by atoms with van der Waals surface area (Å²) < 4.78 is 16.1. The van der Waals surface area contributed by atoms with E-state index in [1.165, 1.54) is 30.1 Å². The Bertz CT molecular complexity index is 1070. The van der Waals surface area contributed by atoms with E-state index in [1.807, 2.05) is 30.5 Å². The third kappa shape index (κ3) is 3.58. The summed E-state index contributed by atoms with van der Waals surface area (Å²) in [5.74, 6) is -0.585. The summed E-state index contributed by atoms with van der Waals surface area (Å²) in [6, 6.07) is 13.8. The van der Waals surface area contributed by atoms with Gasteiger partial charge < -0.3 is 5.32 Å². The summed E-state index contributed by atoms with van der Waals surface area (Å²) in [4.78, 5) is 21.6. The molecule has 0 saturated carbocycles. The van der Waals surface area contributed by atoms with Crippen molar-refractivity contribution in [2.45, 2.75) is 11.7 Å². The van der Waals surface area contributed by atoms with Gasteiger partial charge in [0.05, 0.1) is 23.0 Å². The predicted octanol–water partition coefficient (Wildman–Crippen LogP) is 4.27. The van der Waals surface area contributed by atoms with Crippen LogP contribution < -0.4 is 5.32 Å². The van der Waals surface area contributed by atoms with Crippen molar-refractivity contribution in [3.63, 3.8) is 0 Å². The number of para-hydroxylation sites is 1. The molecular formula is C19H15FN4OS2. The van der Waals surface area contributed by atoms with E-state index in [0.29, 0.717) is 23.1 Å². The van der Waals surface area contributed by atoms with Crippen molar-refractivity contribution in [2.75, 3.05) is 6.26 Å². The molecule has 2 heterocycles. The van der Waals surface area contributed by atoms with Gasteiger partial charge >= 0.3 is 0 Å². The fraction of sp³-hybridized carbons (Fsp3) is 0.105. The van der Waals surface area contributed by atoms with E-state index in [2.05, 4.69) is 15.3 Å². The molecule has 0 aliphatic carbocycles. The van der Waals surface area contributed by atoms with E-state index in [4.69, 9.17) is 0 Å². The molecule has 27 heavy (non-hydrogen) atoms. The Kier molecular flexibility index (Phi) is 4.91. The number of hydrogen-bond donors (Lipinski definition) is 1. The van der Waals surface area contributed by atoms with Gasteiger partial charge in [-0.05, 0) is 42.7 Å². The minimum Gasteiger partial charge on any atom is -0.344 e. The smallest absolute Gasteiger partial charge is 0.270 e. The number of amides is 1. The van der Waals surface area contributed by atoms with Crippen LogP contribution in [0.1, 0.15) is 15.5 Å².